The van der Waals surface area contributed by atoms with Gasteiger partial charge in [0, 0.05) is 13.1 Å². The Bertz CT molecular complexity index is 1140. The third-order valence-corrected chi connectivity index (χ3v) is 7.15. The van der Waals surface area contributed by atoms with Crippen molar-refractivity contribution in [1.29, 1.82) is 0 Å². The first-order valence-electron chi connectivity index (χ1n) is 9.73. The summed E-state index contributed by atoms with van der Waals surface area (Å²) in [5, 5.41) is -1.23. The maximum atomic E-state index is 13.5. The largest absolute Gasteiger partial charge is 0.341 e. The van der Waals surface area contributed by atoms with Gasteiger partial charge in [-0.3, -0.25) is 4.79 Å². The normalized spacial score (nSPS) is 15.6. The fourth-order valence-corrected chi connectivity index (χ4v) is 5.62. The van der Waals surface area contributed by atoms with E-state index in [0.29, 0.717) is 35.6 Å². The molecule has 0 bridgehead atoms. The number of carbonyl (C=O) groups excluding carboxylic acids is 1. The molecule has 6 nitrogen and oxygen atoms in total. The Labute approximate surface area is 170 Å². The summed E-state index contributed by atoms with van der Waals surface area (Å²) in [7, 11) is -3.85. The fraction of sp³-hybridized carbons (Fsp3) is 0.318. The van der Waals surface area contributed by atoms with Crippen LogP contribution in [0.15, 0.2) is 54.6 Å². The molecule has 2 heterocycles. The minimum atomic E-state index is -3.85. The maximum Gasteiger partial charge on any atom is 0.245 e. The number of hydrogen-bond acceptors (Lipinski definition) is 5. The molecular weight excluding hydrogens is 386 g/mol. The summed E-state index contributed by atoms with van der Waals surface area (Å²) < 4.78 is 26.9. The van der Waals surface area contributed by atoms with Crippen LogP contribution in [0.5, 0.6) is 0 Å². The van der Waals surface area contributed by atoms with Crippen LogP contribution >= 0.6 is 0 Å². The summed E-state index contributed by atoms with van der Waals surface area (Å²) >= 11 is 0. The molecule has 1 aliphatic rings. The predicted octanol–water partition coefficient (Wildman–Crippen LogP) is 3.22. The molecule has 1 fully saturated rings. The average molecular weight is 410 g/mol. The number of fused-ring (bicyclic) bond motifs is 1. The molecule has 7 heteroatoms. The summed E-state index contributed by atoms with van der Waals surface area (Å²) in [6.07, 6.45) is 1.81. The lowest BCUT2D eigenvalue weighted by Crippen LogP contribution is -2.37. The van der Waals surface area contributed by atoms with Gasteiger partial charge in [0.25, 0.3) is 0 Å². The smallest absolute Gasteiger partial charge is 0.245 e. The van der Waals surface area contributed by atoms with Crippen molar-refractivity contribution in [1.82, 2.24) is 14.9 Å². The van der Waals surface area contributed by atoms with Crippen LogP contribution in [-0.2, 0) is 20.4 Å². The molecule has 0 aliphatic carbocycles. The second-order valence-electron chi connectivity index (χ2n) is 7.37. The van der Waals surface area contributed by atoms with Crippen molar-refractivity contribution < 1.29 is 13.2 Å². The molecule has 0 N–H and O–H groups in total. The van der Waals surface area contributed by atoms with Crippen LogP contribution in [0.1, 0.15) is 35.0 Å². The molecule has 0 spiro atoms. The summed E-state index contributed by atoms with van der Waals surface area (Å²) in [4.78, 5) is 23.9. The third kappa shape index (κ3) is 4.00. The van der Waals surface area contributed by atoms with Gasteiger partial charge < -0.3 is 4.90 Å². The van der Waals surface area contributed by atoms with Gasteiger partial charge in [0.05, 0.1) is 28.2 Å². The van der Waals surface area contributed by atoms with Gasteiger partial charge in [0.1, 0.15) is 0 Å². The summed E-state index contributed by atoms with van der Waals surface area (Å²) in [5.74, 6) is -0.671. The molecule has 0 radical (unpaired) electrons. The van der Waals surface area contributed by atoms with E-state index in [-0.39, 0.29) is 11.7 Å². The van der Waals surface area contributed by atoms with E-state index in [1.54, 1.807) is 36.1 Å². The van der Waals surface area contributed by atoms with E-state index < -0.39 is 15.1 Å². The van der Waals surface area contributed by atoms with Crippen LogP contribution in [0.25, 0.3) is 11.0 Å². The van der Waals surface area contributed by atoms with Crippen molar-refractivity contribution in [3.05, 3.63) is 71.5 Å². The number of aromatic nitrogens is 2. The summed E-state index contributed by atoms with van der Waals surface area (Å²) in [6, 6.07) is 16.1. The first kappa shape index (κ1) is 19.5. The second kappa shape index (κ2) is 7.91. The lowest BCUT2D eigenvalue weighted by atomic mass is 10.1. The van der Waals surface area contributed by atoms with Crippen LogP contribution in [-0.4, -0.2) is 42.3 Å². The molecule has 4 rings (SSSR count). The van der Waals surface area contributed by atoms with Gasteiger partial charge in [0.15, 0.2) is 15.1 Å². The van der Waals surface area contributed by atoms with E-state index in [9.17, 15) is 13.2 Å². The van der Waals surface area contributed by atoms with Crippen LogP contribution in [0.4, 0.5) is 0 Å². The van der Waals surface area contributed by atoms with Gasteiger partial charge in [0.2, 0.25) is 5.91 Å². The highest BCUT2D eigenvalue weighted by Crippen LogP contribution is 2.30. The Morgan fingerprint density at radius 1 is 0.966 bits per heavy atom. The molecule has 1 aliphatic heterocycles. The molecule has 29 heavy (non-hydrogen) atoms. The zero-order valence-electron chi connectivity index (χ0n) is 16.3. The van der Waals surface area contributed by atoms with Gasteiger partial charge in [-0.1, -0.05) is 42.5 Å². The van der Waals surface area contributed by atoms with Crippen LogP contribution < -0.4 is 0 Å². The monoisotopic (exact) mass is 409 g/mol. The fourth-order valence-electron chi connectivity index (χ4n) is 3.77. The zero-order valence-corrected chi connectivity index (χ0v) is 17.1. The van der Waals surface area contributed by atoms with E-state index in [0.717, 1.165) is 18.4 Å². The summed E-state index contributed by atoms with van der Waals surface area (Å²) in [5.41, 5.74) is 2.81. The second-order valence-corrected chi connectivity index (χ2v) is 9.46. The van der Waals surface area contributed by atoms with E-state index in [2.05, 4.69) is 9.97 Å². The number of benzene rings is 2. The highest BCUT2D eigenvalue weighted by molar-refractivity contribution is 7.91. The molecule has 150 valence electrons. The molecule has 1 atom stereocenters. The lowest BCUT2D eigenvalue weighted by Gasteiger charge is -2.23. The number of nitrogens with zero attached hydrogens (tertiary/aromatic N) is 3. The first-order valence-corrected chi connectivity index (χ1v) is 11.4. The number of amides is 1. The average Bonchev–Trinajstić information content (AvgIpc) is 3.24. The van der Waals surface area contributed by atoms with Crippen LogP contribution in [0.2, 0.25) is 0 Å². The van der Waals surface area contributed by atoms with E-state index in [4.69, 9.17) is 0 Å². The van der Waals surface area contributed by atoms with Crippen molar-refractivity contribution >= 4 is 26.8 Å². The number of rotatable bonds is 5. The van der Waals surface area contributed by atoms with Gasteiger partial charge in [-0.2, -0.15) is 0 Å². The Hall–Kier alpha value is -2.80. The van der Waals surface area contributed by atoms with Gasteiger partial charge in [-0.05, 0) is 37.5 Å². The van der Waals surface area contributed by atoms with Crippen LogP contribution in [0, 0.1) is 6.92 Å². The molecule has 0 saturated carbocycles. The molecular formula is C22H23N3O3S. The van der Waals surface area contributed by atoms with Crippen molar-refractivity contribution in [3.63, 3.8) is 0 Å². The van der Waals surface area contributed by atoms with Crippen LogP contribution in [0.3, 0.4) is 0 Å². The molecule has 3 aromatic rings. The van der Waals surface area contributed by atoms with E-state index in [1.165, 1.54) is 0 Å². The number of carbonyl (C=O) groups is 1. The SMILES string of the molecule is Cc1nc2ccccc2nc1CS(=O)(=O)C(C(=O)N1CCCC1)c1ccccc1. The number of sulfone groups is 1. The maximum absolute atomic E-state index is 13.5. The van der Waals surface area contributed by atoms with Crippen molar-refractivity contribution in [2.45, 2.75) is 30.8 Å². The van der Waals surface area contributed by atoms with E-state index in [1.807, 2.05) is 30.3 Å². The summed E-state index contributed by atoms with van der Waals surface area (Å²) in [6.45, 7) is 2.96. The van der Waals surface area contributed by atoms with Gasteiger partial charge in [-0.25, -0.2) is 18.4 Å². The Balaban J connectivity index is 1.73. The van der Waals surface area contributed by atoms with Crippen molar-refractivity contribution in [2.75, 3.05) is 13.1 Å². The first-order chi connectivity index (χ1) is 14.0. The Morgan fingerprint density at radius 3 is 2.21 bits per heavy atom. The standard InChI is InChI=1S/C22H23N3O3S/c1-16-20(24-19-12-6-5-11-18(19)23-16)15-29(27,28)21(17-9-3-2-4-10-17)22(26)25-13-7-8-14-25/h2-6,9-12,21H,7-8,13-15H2,1H3. The Morgan fingerprint density at radius 2 is 1.55 bits per heavy atom. The molecule has 2 aromatic carbocycles. The van der Waals surface area contributed by atoms with Crippen molar-refractivity contribution in [3.8, 4) is 0 Å². The predicted molar refractivity (Wildman–Crippen MR) is 112 cm³/mol. The molecule has 1 aromatic heterocycles. The van der Waals surface area contributed by atoms with E-state index >= 15 is 0 Å². The highest BCUT2D eigenvalue weighted by Gasteiger charge is 2.38. The van der Waals surface area contributed by atoms with Gasteiger partial charge >= 0.3 is 0 Å². The molecule has 1 amide bonds. The zero-order chi connectivity index (χ0) is 20.4. The van der Waals surface area contributed by atoms with Crippen molar-refractivity contribution in [2.24, 2.45) is 0 Å². The van der Waals surface area contributed by atoms with Gasteiger partial charge in [-0.15, -0.1) is 0 Å². The molecule has 1 saturated heterocycles. The quantitative estimate of drug-likeness (QED) is 0.646. The Kier molecular flexibility index (Phi) is 5.32. The lowest BCUT2D eigenvalue weighted by molar-refractivity contribution is -0.129. The number of hydrogen-bond donors (Lipinski definition) is 0. The minimum absolute atomic E-state index is 0.324. The highest BCUT2D eigenvalue weighted by atomic mass is 32.2. The molecule has 1 unspecified atom stereocenters. The number of aryl methyl sites for hydroxylation is 1. The topological polar surface area (TPSA) is 80.2 Å². The number of para-hydroxylation sites is 2. The third-order valence-electron chi connectivity index (χ3n) is 5.28. The number of likely N-dealkylation sites (tertiary alicyclic amines) is 1. The minimum Gasteiger partial charge on any atom is -0.341 e.